The molecule has 1 aromatic carbocycles. The topological polar surface area (TPSA) is 74.5 Å². The van der Waals surface area contributed by atoms with Crippen molar-refractivity contribution in [1.82, 2.24) is 14.5 Å². The summed E-state index contributed by atoms with van der Waals surface area (Å²) in [5.41, 5.74) is 2.86. The number of rotatable bonds is 4. The van der Waals surface area contributed by atoms with E-state index in [2.05, 4.69) is 19.8 Å². The molecule has 1 fully saturated rings. The highest BCUT2D eigenvalue weighted by atomic mass is 16.3. The Bertz CT molecular complexity index is 949. The van der Waals surface area contributed by atoms with E-state index < -0.39 is 0 Å². The number of pyridine rings is 1. The van der Waals surface area contributed by atoms with Crippen molar-refractivity contribution in [2.75, 3.05) is 42.6 Å². The SMILES string of the molecule is O=c1c2ccc(N3CCN(c4ccncc4)CC3)cc2ncn1CCO. The lowest BCUT2D eigenvalue weighted by Crippen LogP contribution is -2.46. The zero-order chi connectivity index (χ0) is 17.9. The van der Waals surface area contributed by atoms with Crippen LogP contribution in [0.4, 0.5) is 11.4 Å². The van der Waals surface area contributed by atoms with E-state index >= 15 is 0 Å². The average molecular weight is 351 g/mol. The molecule has 0 atom stereocenters. The quantitative estimate of drug-likeness (QED) is 0.759. The van der Waals surface area contributed by atoms with Crippen LogP contribution >= 0.6 is 0 Å². The van der Waals surface area contributed by atoms with Crippen LogP contribution in [0.1, 0.15) is 0 Å². The molecule has 4 rings (SSSR count). The molecule has 0 saturated carbocycles. The molecule has 7 heteroatoms. The Hall–Kier alpha value is -2.93. The van der Waals surface area contributed by atoms with Crippen molar-refractivity contribution in [2.45, 2.75) is 6.54 Å². The highest BCUT2D eigenvalue weighted by molar-refractivity contribution is 5.81. The van der Waals surface area contributed by atoms with E-state index in [1.165, 1.54) is 16.6 Å². The van der Waals surface area contributed by atoms with Crippen molar-refractivity contribution in [1.29, 1.82) is 0 Å². The van der Waals surface area contributed by atoms with E-state index in [1.807, 2.05) is 42.7 Å². The first-order valence-electron chi connectivity index (χ1n) is 8.76. The van der Waals surface area contributed by atoms with Crippen molar-refractivity contribution in [3.05, 3.63) is 59.4 Å². The molecule has 0 spiro atoms. The molecule has 3 aromatic rings. The van der Waals surface area contributed by atoms with Crippen LogP contribution in [0.15, 0.2) is 53.8 Å². The molecule has 3 heterocycles. The van der Waals surface area contributed by atoms with Crippen LogP contribution in [-0.2, 0) is 6.54 Å². The lowest BCUT2D eigenvalue weighted by Gasteiger charge is -2.37. The summed E-state index contributed by atoms with van der Waals surface area (Å²) in [6.07, 6.45) is 5.15. The predicted octanol–water partition coefficient (Wildman–Crippen LogP) is 1.11. The number of aromatic nitrogens is 3. The van der Waals surface area contributed by atoms with Crippen molar-refractivity contribution in [3.63, 3.8) is 0 Å². The summed E-state index contributed by atoms with van der Waals surface area (Å²) in [6, 6.07) is 9.86. The van der Waals surface area contributed by atoms with Gasteiger partial charge in [0, 0.05) is 49.9 Å². The Kier molecular flexibility index (Phi) is 4.53. The van der Waals surface area contributed by atoms with Crippen LogP contribution in [0, 0.1) is 0 Å². The monoisotopic (exact) mass is 351 g/mol. The molecule has 0 bridgehead atoms. The van der Waals surface area contributed by atoms with Crippen LogP contribution < -0.4 is 15.4 Å². The van der Waals surface area contributed by atoms with E-state index in [0.29, 0.717) is 10.9 Å². The van der Waals surface area contributed by atoms with Crippen molar-refractivity contribution in [3.8, 4) is 0 Å². The van der Waals surface area contributed by atoms with Gasteiger partial charge in [-0.25, -0.2) is 4.98 Å². The average Bonchev–Trinajstić information content (AvgIpc) is 2.71. The van der Waals surface area contributed by atoms with Gasteiger partial charge in [0.05, 0.1) is 30.4 Å². The lowest BCUT2D eigenvalue weighted by atomic mass is 10.2. The Balaban J connectivity index is 1.53. The third kappa shape index (κ3) is 3.13. The molecule has 7 nitrogen and oxygen atoms in total. The summed E-state index contributed by atoms with van der Waals surface area (Å²) in [7, 11) is 0. The summed E-state index contributed by atoms with van der Waals surface area (Å²) >= 11 is 0. The highest BCUT2D eigenvalue weighted by Gasteiger charge is 2.18. The number of aliphatic hydroxyl groups excluding tert-OH is 1. The fourth-order valence-corrected chi connectivity index (χ4v) is 3.39. The molecule has 1 saturated heterocycles. The summed E-state index contributed by atoms with van der Waals surface area (Å²) in [5.74, 6) is 0. The van der Waals surface area contributed by atoms with E-state index in [0.717, 1.165) is 31.9 Å². The van der Waals surface area contributed by atoms with Crippen LogP contribution in [0.5, 0.6) is 0 Å². The van der Waals surface area contributed by atoms with E-state index in [1.54, 1.807) is 0 Å². The first kappa shape index (κ1) is 16.5. The van der Waals surface area contributed by atoms with Gasteiger partial charge in [-0.3, -0.25) is 14.3 Å². The number of fused-ring (bicyclic) bond motifs is 1. The first-order chi connectivity index (χ1) is 12.8. The summed E-state index contributed by atoms with van der Waals surface area (Å²) in [6.45, 7) is 3.89. The molecule has 2 aromatic heterocycles. The minimum atomic E-state index is -0.113. The lowest BCUT2D eigenvalue weighted by molar-refractivity contribution is 0.274. The van der Waals surface area contributed by atoms with E-state index in [4.69, 9.17) is 5.11 Å². The van der Waals surface area contributed by atoms with Gasteiger partial charge in [0.2, 0.25) is 0 Å². The van der Waals surface area contributed by atoms with Crippen LogP contribution in [0.2, 0.25) is 0 Å². The summed E-state index contributed by atoms with van der Waals surface area (Å²) < 4.78 is 1.44. The smallest absolute Gasteiger partial charge is 0.261 e. The summed E-state index contributed by atoms with van der Waals surface area (Å²) in [4.78, 5) is 25.5. The molecule has 0 unspecified atom stereocenters. The maximum atomic E-state index is 12.4. The fourth-order valence-electron chi connectivity index (χ4n) is 3.39. The minimum absolute atomic E-state index is 0.0765. The highest BCUT2D eigenvalue weighted by Crippen LogP contribution is 2.22. The van der Waals surface area contributed by atoms with Gasteiger partial charge in [0.25, 0.3) is 5.56 Å². The minimum Gasteiger partial charge on any atom is -0.395 e. The first-order valence-corrected chi connectivity index (χ1v) is 8.76. The van der Waals surface area contributed by atoms with Gasteiger partial charge in [0.1, 0.15) is 0 Å². The second-order valence-electron chi connectivity index (χ2n) is 6.35. The molecule has 26 heavy (non-hydrogen) atoms. The standard InChI is InChI=1S/C19H21N5O2/c25-12-11-24-14-21-18-13-16(1-2-17(18)19(24)26)23-9-7-22(8-10-23)15-3-5-20-6-4-15/h1-6,13-14,25H,7-12H2. The molecule has 1 N–H and O–H groups in total. The van der Waals surface area contributed by atoms with Gasteiger partial charge >= 0.3 is 0 Å². The molecule has 0 radical (unpaired) electrons. The second-order valence-corrected chi connectivity index (χ2v) is 6.35. The van der Waals surface area contributed by atoms with E-state index in [-0.39, 0.29) is 18.7 Å². The predicted molar refractivity (Wildman–Crippen MR) is 102 cm³/mol. The van der Waals surface area contributed by atoms with Gasteiger partial charge in [-0.15, -0.1) is 0 Å². The molecular formula is C19H21N5O2. The van der Waals surface area contributed by atoms with Crippen LogP contribution in [0.3, 0.4) is 0 Å². The molecule has 1 aliphatic rings. The van der Waals surface area contributed by atoms with Crippen molar-refractivity contribution >= 4 is 22.3 Å². The van der Waals surface area contributed by atoms with Gasteiger partial charge in [-0.1, -0.05) is 0 Å². The van der Waals surface area contributed by atoms with Gasteiger partial charge in [-0.05, 0) is 30.3 Å². The van der Waals surface area contributed by atoms with Gasteiger partial charge in [0.15, 0.2) is 0 Å². The van der Waals surface area contributed by atoms with E-state index in [9.17, 15) is 4.79 Å². The number of benzene rings is 1. The number of nitrogens with zero attached hydrogens (tertiary/aromatic N) is 5. The van der Waals surface area contributed by atoms with Gasteiger partial charge in [-0.2, -0.15) is 0 Å². The van der Waals surface area contributed by atoms with Gasteiger partial charge < -0.3 is 14.9 Å². The molecule has 0 aliphatic carbocycles. The fraction of sp³-hybridized carbons (Fsp3) is 0.316. The maximum Gasteiger partial charge on any atom is 0.261 e. The Morgan fingerprint density at radius 1 is 0.962 bits per heavy atom. The maximum absolute atomic E-state index is 12.4. The van der Waals surface area contributed by atoms with Crippen LogP contribution in [-0.4, -0.2) is 52.4 Å². The van der Waals surface area contributed by atoms with Crippen molar-refractivity contribution < 1.29 is 5.11 Å². The number of hydrogen-bond acceptors (Lipinski definition) is 6. The molecule has 1 aliphatic heterocycles. The third-order valence-corrected chi connectivity index (χ3v) is 4.82. The van der Waals surface area contributed by atoms with Crippen molar-refractivity contribution in [2.24, 2.45) is 0 Å². The Labute approximate surface area is 151 Å². The molecular weight excluding hydrogens is 330 g/mol. The Morgan fingerprint density at radius 2 is 1.65 bits per heavy atom. The number of hydrogen-bond donors (Lipinski definition) is 1. The second kappa shape index (κ2) is 7.13. The number of aliphatic hydroxyl groups is 1. The number of anilines is 2. The summed E-state index contributed by atoms with van der Waals surface area (Å²) in [5, 5.41) is 9.62. The zero-order valence-corrected chi connectivity index (χ0v) is 14.5. The zero-order valence-electron chi connectivity index (χ0n) is 14.5. The number of piperazine rings is 1. The molecule has 134 valence electrons. The third-order valence-electron chi connectivity index (χ3n) is 4.82. The Morgan fingerprint density at radius 3 is 2.35 bits per heavy atom. The normalized spacial score (nSPS) is 14.8. The molecule has 0 amide bonds. The largest absolute Gasteiger partial charge is 0.395 e. The van der Waals surface area contributed by atoms with Crippen LogP contribution in [0.25, 0.3) is 10.9 Å².